The Kier molecular flexibility index (Phi) is 4.83. The Bertz CT molecular complexity index is 737. The monoisotopic (exact) mass is 386 g/mol. The molecular formula is C24H34O4. The van der Waals surface area contributed by atoms with Crippen molar-refractivity contribution in [2.45, 2.75) is 72.6 Å². The zero-order valence-electron chi connectivity index (χ0n) is 17.8. The smallest absolute Gasteiger partial charge is 0.302 e. The first-order chi connectivity index (χ1) is 13.2. The van der Waals surface area contributed by atoms with E-state index >= 15 is 0 Å². The molecule has 7 atom stereocenters. The first kappa shape index (κ1) is 19.8. The van der Waals surface area contributed by atoms with Crippen LogP contribution in [0.1, 0.15) is 72.6 Å². The highest BCUT2D eigenvalue weighted by Gasteiger charge is 2.62. The molecule has 3 fully saturated rings. The summed E-state index contributed by atoms with van der Waals surface area (Å²) in [5, 5.41) is 0. The molecule has 28 heavy (non-hydrogen) atoms. The molecule has 4 aliphatic rings. The van der Waals surface area contributed by atoms with E-state index in [0.29, 0.717) is 36.7 Å². The maximum Gasteiger partial charge on any atom is 0.302 e. The summed E-state index contributed by atoms with van der Waals surface area (Å²) in [6.45, 7) is 8.24. The second kappa shape index (κ2) is 6.81. The van der Waals surface area contributed by atoms with E-state index in [0.717, 1.165) is 38.5 Å². The highest BCUT2D eigenvalue weighted by molar-refractivity contribution is 5.91. The van der Waals surface area contributed by atoms with Crippen molar-refractivity contribution in [3.8, 4) is 0 Å². The number of esters is 1. The molecule has 0 spiro atoms. The van der Waals surface area contributed by atoms with Crippen LogP contribution in [0.5, 0.6) is 0 Å². The molecule has 0 amide bonds. The van der Waals surface area contributed by atoms with E-state index in [-0.39, 0.29) is 34.3 Å². The van der Waals surface area contributed by atoms with Gasteiger partial charge in [0.15, 0.2) is 5.78 Å². The van der Waals surface area contributed by atoms with Crippen molar-refractivity contribution < 1.29 is 19.1 Å². The molecule has 0 saturated heterocycles. The number of carbonyl (C=O) groups is 3. The van der Waals surface area contributed by atoms with Crippen molar-refractivity contribution in [1.29, 1.82) is 0 Å². The second-order valence-corrected chi connectivity index (χ2v) is 10.3. The summed E-state index contributed by atoms with van der Waals surface area (Å²) in [7, 11) is 0. The van der Waals surface area contributed by atoms with E-state index < -0.39 is 0 Å². The van der Waals surface area contributed by atoms with Gasteiger partial charge >= 0.3 is 5.97 Å². The van der Waals surface area contributed by atoms with Gasteiger partial charge in [-0.25, -0.2) is 0 Å². The largest absolute Gasteiger partial charge is 0.465 e. The Hall–Kier alpha value is -1.45. The van der Waals surface area contributed by atoms with E-state index in [4.69, 9.17) is 4.74 Å². The molecule has 0 aliphatic heterocycles. The minimum absolute atomic E-state index is 0.0192. The number of fused-ring (bicyclic) bond motifs is 5. The summed E-state index contributed by atoms with van der Waals surface area (Å²) in [4.78, 5) is 36.2. The van der Waals surface area contributed by atoms with E-state index in [2.05, 4.69) is 13.8 Å². The Morgan fingerprint density at radius 3 is 2.57 bits per heavy atom. The van der Waals surface area contributed by atoms with Gasteiger partial charge in [-0.15, -0.1) is 0 Å². The Morgan fingerprint density at radius 1 is 1.14 bits per heavy atom. The summed E-state index contributed by atoms with van der Waals surface area (Å²) in [6, 6.07) is 0. The number of ketones is 2. The minimum Gasteiger partial charge on any atom is -0.465 e. The first-order valence-electron chi connectivity index (χ1n) is 11.1. The highest BCUT2D eigenvalue weighted by atomic mass is 16.5. The zero-order valence-corrected chi connectivity index (χ0v) is 17.8. The fourth-order valence-corrected chi connectivity index (χ4v) is 7.92. The number of ether oxygens (including phenoxy) is 1. The maximum absolute atomic E-state index is 12.5. The molecule has 0 heterocycles. The summed E-state index contributed by atoms with van der Waals surface area (Å²) in [5.41, 5.74) is 1.30. The summed E-state index contributed by atoms with van der Waals surface area (Å²) < 4.78 is 5.57. The summed E-state index contributed by atoms with van der Waals surface area (Å²) in [6.07, 6.45) is 8.69. The third-order valence-corrected chi connectivity index (χ3v) is 9.03. The number of hydrogen-bond acceptors (Lipinski definition) is 4. The van der Waals surface area contributed by atoms with Crippen molar-refractivity contribution in [1.82, 2.24) is 0 Å². The SMILES string of the molecule is CC(=O)OC[C@]12CC[C@H]3[C@@H](C[C@H](C)C4=CC(=O)CC[C@@]43C)[C@@H]1CC[C@@H]2C(C)=O. The van der Waals surface area contributed by atoms with E-state index in [9.17, 15) is 14.4 Å². The standard InChI is InChI=1S/C24H34O4/c1-14-11-18-20(23(4)9-7-17(27)12-22(14)23)8-10-24(13-28-16(3)26)19(15(2)25)5-6-21(18)24/h12,14,18-21H,5-11,13H2,1-4H3/t14-,18+,19+,20-,21-,23+,24-/m0/s1. The quantitative estimate of drug-likeness (QED) is 0.670. The average Bonchev–Trinajstić information content (AvgIpc) is 3.02. The van der Waals surface area contributed by atoms with E-state index in [1.807, 2.05) is 6.08 Å². The molecule has 0 aromatic heterocycles. The van der Waals surface area contributed by atoms with E-state index in [1.54, 1.807) is 6.92 Å². The van der Waals surface area contributed by atoms with Gasteiger partial charge in [0, 0.05) is 24.7 Å². The van der Waals surface area contributed by atoms with Gasteiger partial charge in [-0.1, -0.05) is 19.4 Å². The van der Waals surface area contributed by atoms with Gasteiger partial charge in [0.2, 0.25) is 0 Å². The van der Waals surface area contributed by atoms with Crippen molar-refractivity contribution >= 4 is 17.5 Å². The Labute approximate surface area is 168 Å². The first-order valence-corrected chi connectivity index (χ1v) is 11.1. The van der Waals surface area contributed by atoms with Crippen LogP contribution in [0.4, 0.5) is 0 Å². The van der Waals surface area contributed by atoms with Gasteiger partial charge in [0.05, 0.1) is 6.61 Å². The van der Waals surface area contributed by atoms with Crippen LogP contribution in [-0.4, -0.2) is 24.1 Å². The van der Waals surface area contributed by atoms with Crippen LogP contribution in [0, 0.1) is 40.4 Å². The number of Topliss-reactive ketones (excluding diaryl/α,β-unsaturated/α-hetero) is 1. The molecule has 3 saturated carbocycles. The maximum atomic E-state index is 12.5. The number of hydrogen-bond donors (Lipinski definition) is 0. The van der Waals surface area contributed by atoms with Crippen LogP contribution in [0.25, 0.3) is 0 Å². The fraction of sp³-hybridized carbons (Fsp3) is 0.792. The van der Waals surface area contributed by atoms with Crippen LogP contribution in [0.2, 0.25) is 0 Å². The minimum atomic E-state index is -0.246. The van der Waals surface area contributed by atoms with Crippen LogP contribution >= 0.6 is 0 Å². The van der Waals surface area contributed by atoms with Crippen LogP contribution in [-0.2, 0) is 19.1 Å². The molecule has 4 rings (SSSR count). The lowest BCUT2D eigenvalue weighted by molar-refractivity contribution is -0.157. The molecule has 0 unspecified atom stereocenters. The fourth-order valence-electron chi connectivity index (χ4n) is 7.92. The molecule has 0 bridgehead atoms. The summed E-state index contributed by atoms with van der Waals surface area (Å²) >= 11 is 0. The molecular weight excluding hydrogens is 352 g/mol. The molecule has 0 N–H and O–H groups in total. The van der Waals surface area contributed by atoms with Crippen molar-refractivity contribution in [3.63, 3.8) is 0 Å². The molecule has 0 aromatic carbocycles. The van der Waals surface area contributed by atoms with Crippen molar-refractivity contribution in [2.24, 2.45) is 40.4 Å². The lowest BCUT2D eigenvalue weighted by atomic mass is 9.45. The number of allylic oxidation sites excluding steroid dienone is 1. The highest BCUT2D eigenvalue weighted by Crippen LogP contribution is 2.67. The molecule has 4 heteroatoms. The van der Waals surface area contributed by atoms with Crippen molar-refractivity contribution in [2.75, 3.05) is 6.61 Å². The predicted octanol–water partition coefficient (Wildman–Crippen LogP) is 4.51. The molecule has 154 valence electrons. The Balaban J connectivity index is 1.70. The third kappa shape index (κ3) is 2.81. The molecule has 4 nitrogen and oxygen atoms in total. The third-order valence-electron chi connectivity index (χ3n) is 9.03. The van der Waals surface area contributed by atoms with Crippen LogP contribution in [0.3, 0.4) is 0 Å². The molecule has 0 aromatic rings. The van der Waals surface area contributed by atoms with Gasteiger partial charge in [-0.3, -0.25) is 14.4 Å². The lowest BCUT2D eigenvalue weighted by Gasteiger charge is -2.59. The van der Waals surface area contributed by atoms with Crippen LogP contribution < -0.4 is 0 Å². The lowest BCUT2D eigenvalue weighted by Crippen LogP contribution is -2.55. The van der Waals surface area contributed by atoms with Crippen LogP contribution in [0.15, 0.2) is 11.6 Å². The number of carbonyl (C=O) groups excluding carboxylic acids is 3. The second-order valence-electron chi connectivity index (χ2n) is 10.3. The predicted molar refractivity (Wildman–Crippen MR) is 106 cm³/mol. The van der Waals surface area contributed by atoms with Gasteiger partial charge in [0.25, 0.3) is 0 Å². The Morgan fingerprint density at radius 2 is 1.89 bits per heavy atom. The van der Waals surface area contributed by atoms with Gasteiger partial charge in [-0.05, 0) is 80.6 Å². The molecule has 0 radical (unpaired) electrons. The van der Waals surface area contributed by atoms with Gasteiger partial charge in [-0.2, -0.15) is 0 Å². The summed E-state index contributed by atoms with van der Waals surface area (Å²) in [5.74, 6) is 2.30. The topological polar surface area (TPSA) is 60.4 Å². The van der Waals surface area contributed by atoms with Gasteiger partial charge < -0.3 is 4.74 Å². The van der Waals surface area contributed by atoms with E-state index in [1.165, 1.54) is 12.5 Å². The molecule has 4 aliphatic carbocycles. The van der Waals surface area contributed by atoms with Gasteiger partial charge in [0.1, 0.15) is 5.78 Å². The normalized spacial score (nSPS) is 44.8. The zero-order chi connectivity index (χ0) is 20.3. The number of rotatable bonds is 3. The van der Waals surface area contributed by atoms with Crippen molar-refractivity contribution in [3.05, 3.63) is 11.6 Å². The average molecular weight is 387 g/mol.